The number of pyridine rings is 1. The fourth-order valence-corrected chi connectivity index (χ4v) is 3.90. The van der Waals surface area contributed by atoms with E-state index in [1.807, 2.05) is 24.4 Å². The van der Waals surface area contributed by atoms with E-state index in [0.717, 1.165) is 42.4 Å². The van der Waals surface area contributed by atoms with Crippen LogP contribution in [-0.2, 0) is 0 Å². The van der Waals surface area contributed by atoms with Gasteiger partial charge in [-0.2, -0.15) is 0 Å². The number of hydrogen-bond acceptors (Lipinski definition) is 3. The lowest BCUT2D eigenvalue weighted by Crippen LogP contribution is -2.29. The van der Waals surface area contributed by atoms with Crippen molar-refractivity contribution in [1.29, 1.82) is 0 Å². The third-order valence-corrected chi connectivity index (χ3v) is 5.13. The maximum absolute atomic E-state index is 6.30. The van der Waals surface area contributed by atoms with Crippen LogP contribution < -0.4 is 10.2 Å². The number of hydrogen-bond donors (Lipinski definition) is 1. The van der Waals surface area contributed by atoms with Crippen molar-refractivity contribution in [3.05, 3.63) is 35.5 Å². The number of nitrogens with zero attached hydrogens (tertiary/aromatic N) is 2. The first-order chi connectivity index (χ1) is 9.77. The number of halogens is 1. The molecule has 0 amide bonds. The zero-order valence-corrected chi connectivity index (χ0v) is 12.2. The highest BCUT2D eigenvalue weighted by Crippen LogP contribution is 2.39. The molecule has 2 aromatic rings. The van der Waals surface area contributed by atoms with Gasteiger partial charge in [0, 0.05) is 47.0 Å². The number of nitrogens with one attached hydrogen (secondary N) is 1. The molecule has 4 rings (SSSR count). The Kier molecular flexibility index (Phi) is 2.86. The molecule has 2 saturated heterocycles. The van der Waals surface area contributed by atoms with Crippen LogP contribution in [0.4, 0.5) is 5.82 Å². The molecule has 1 unspecified atom stereocenters. The van der Waals surface area contributed by atoms with Gasteiger partial charge in [-0.3, -0.25) is 0 Å². The maximum atomic E-state index is 6.30. The van der Waals surface area contributed by atoms with Gasteiger partial charge in [0.2, 0.25) is 0 Å². The Balaban J connectivity index is 1.74. The number of anilines is 1. The Hall–Kier alpha value is -1.32. The van der Waals surface area contributed by atoms with Gasteiger partial charge in [0.25, 0.3) is 0 Å². The van der Waals surface area contributed by atoms with Crippen LogP contribution in [0.5, 0.6) is 0 Å². The van der Waals surface area contributed by atoms with Gasteiger partial charge < -0.3 is 10.2 Å². The summed E-state index contributed by atoms with van der Waals surface area (Å²) in [7, 11) is 0. The van der Waals surface area contributed by atoms with Crippen molar-refractivity contribution in [3.8, 4) is 0 Å². The van der Waals surface area contributed by atoms with Gasteiger partial charge in [-0.05, 0) is 31.5 Å². The Bertz CT molecular complexity index is 649. The van der Waals surface area contributed by atoms with Gasteiger partial charge in [-0.15, -0.1) is 0 Å². The molecular formula is C16H18ClN3. The van der Waals surface area contributed by atoms with Gasteiger partial charge in [0.15, 0.2) is 0 Å². The highest BCUT2D eigenvalue weighted by molar-refractivity contribution is 6.35. The van der Waals surface area contributed by atoms with Gasteiger partial charge in [-0.1, -0.05) is 23.7 Å². The Morgan fingerprint density at radius 1 is 1.20 bits per heavy atom. The van der Waals surface area contributed by atoms with Crippen LogP contribution >= 0.6 is 11.6 Å². The lowest BCUT2D eigenvalue weighted by atomic mass is 9.87. The first-order valence-corrected chi connectivity index (χ1v) is 7.64. The second-order valence-electron chi connectivity index (χ2n) is 6.07. The molecule has 1 atom stereocenters. The molecule has 2 aliphatic rings. The van der Waals surface area contributed by atoms with E-state index in [1.54, 1.807) is 0 Å². The largest absolute Gasteiger partial charge is 0.355 e. The summed E-state index contributed by atoms with van der Waals surface area (Å²) in [5.74, 6) is 1.09. The summed E-state index contributed by atoms with van der Waals surface area (Å²) in [6.07, 6.45) is 4.43. The van der Waals surface area contributed by atoms with Crippen LogP contribution in [0.3, 0.4) is 0 Å². The zero-order valence-electron chi connectivity index (χ0n) is 11.4. The van der Waals surface area contributed by atoms with Gasteiger partial charge >= 0.3 is 0 Å². The number of aromatic nitrogens is 1. The third-order valence-electron chi connectivity index (χ3n) is 4.80. The molecule has 1 N–H and O–H groups in total. The van der Waals surface area contributed by atoms with E-state index >= 15 is 0 Å². The maximum Gasteiger partial charge on any atom is 0.136 e. The number of fused-ring (bicyclic) bond motifs is 1. The molecule has 0 bridgehead atoms. The number of benzene rings is 1. The SMILES string of the molecule is Clc1cccc2c(N3CCC4(CCNC4)C3)nccc12. The van der Waals surface area contributed by atoms with Crippen LogP contribution in [0, 0.1) is 5.41 Å². The molecule has 2 aliphatic heterocycles. The predicted octanol–water partition coefficient (Wildman–Crippen LogP) is 3.08. The predicted molar refractivity (Wildman–Crippen MR) is 83.5 cm³/mol. The summed E-state index contributed by atoms with van der Waals surface area (Å²) < 4.78 is 0. The molecule has 2 fully saturated rings. The summed E-state index contributed by atoms with van der Waals surface area (Å²) in [4.78, 5) is 7.07. The second-order valence-corrected chi connectivity index (χ2v) is 6.48. The lowest BCUT2D eigenvalue weighted by Gasteiger charge is -2.24. The van der Waals surface area contributed by atoms with Crippen LogP contribution in [0.25, 0.3) is 10.8 Å². The minimum atomic E-state index is 0.461. The summed E-state index contributed by atoms with van der Waals surface area (Å²) >= 11 is 6.30. The summed E-state index contributed by atoms with van der Waals surface area (Å²) in [6, 6.07) is 8.09. The molecular weight excluding hydrogens is 270 g/mol. The summed E-state index contributed by atoms with van der Waals surface area (Å²) in [5.41, 5.74) is 0.461. The van der Waals surface area contributed by atoms with E-state index in [9.17, 15) is 0 Å². The molecule has 20 heavy (non-hydrogen) atoms. The third kappa shape index (κ3) is 1.88. The monoisotopic (exact) mass is 287 g/mol. The molecule has 3 heterocycles. The van der Waals surface area contributed by atoms with Crippen molar-refractivity contribution in [2.45, 2.75) is 12.8 Å². The van der Waals surface area contributed by atoms with E-state index < -0.39 is 0 Å². The van der Waals surface area contributed by atoms with Gasteiger partial charge in [-0.25, -0.2) is 4.98 Å². The fraction of sp³-hybridized carbons (Fsp3) is 0.438. The van der Waals surface area contributed by atoms with E-state index in [1.165, 1.54) is 18.2 Å². The Morgan fingerprint density at radius 2 is 2.15 bits per heavy atom. The molecule has 1 aromatic heterocycles. The van der Waals surface area contributed by atoms with Gasteiger partial charge in [0.05, 0.1) is 0 Å². The molecule has 104 valence electrons. The minimum Gasteiger partial charge on any atom is -0.355 e. The minimum absolute atomic E-state index is 0.461. The highest BCUT2D eigenvalue weighted by Gasteiger charge is 2.40. The second kappa shape index (κ2) is 4.61. The molecule has 0 saturated carbocycles. The van der Waals surface area contributed by atoms with Crippen LogP contribution in [-0.4, -0.2) is 31.2 Å². The average Bonchev–Trinajstić information content (AvgIpc) is 3.10. The summed E-state index contributed by atoms with van der Waals surface area (Å²) in [6.45, 7) is 4.51. The first-order valence-electron chi connectivity index (χ1n) is 7.26. The lowest BCUT2D eigenvalue weighted by molar-refractivity contribution is 0.369. The Morgan fingerprint density at radius 3 is 3.00 bits per heavy atom. The first kappa shape index (κ1) is 12.4. The summed E-state index contributed by atoms with van der Waals surface area (Å²) in [5, 5.41) is 6.58. The standard InChI is InChI=1S/C16H18ClN3/c17-14-3-1-2-13-12(14)4-7-19-15(13)20-9-6-16(11-20)5-8-18-10-16/h1-4,7,18H,5-6,8-11H2. The van der Waals surface area contributed by atoms with E-state index in [2.05, 4.69) is 21.3 Å². The molecule has 0 aliphatic carbocycles. The van der Waals surface area contributed by atoms with Crippen molar-refractivity contribution in [3.63, 3.8) is 0 Å². The molecule has 1 spiro atoms. The van der Waals surface area contributed by atoms with Gasteiger partial charge in [0.1, 0.15) is 5.82 Å². The van der Waals surface area contributed by atoms with Crippen LogP contribution in [0.2, 0.25) is 5.02 Å². The van der Waals surface area contributed by atoms with Crippen molar-refractivity contribution in [2.75, 3.05) is 31.1 Å². The van der Waals surface area contributed by atoms with Crippen LogP contribution in [0.1, 0.15) is 12.8 Å². The van der Waals surface area contributed by atoms with Crippen molar-refractivity contribution in [1.82, 2.24) is 10.3 Å². The molecule has 0 radical (unpaired) electrons. The normalized spacial score (nSPS) is 25.9. The van der Waals surface area contributed by atoms with Crippen molar-refractivity contribution >= 4 is 28.2 Å². The topological polar surface area (TPSA) is 28.2 Å². The van der Waals surface area contributed by atoms with E-state index in [0.29, 0.717) is 5.41 Å². The smallest absolute Gasteiger partial charge is 0.136 e. The number of rotatable bonds is 1. The van der Waals surface area contributed by atoms with E-state index in [-0.39, 0.29) is 0 Å². The average molecular weight is 288 g/mol. The highest BCUT2D eigenvalue weighted by atomic mass is 35.5. The molecule has 3 nitrogen and oxygen atoms in total. The zero-order chi connectivity index (χ0) is 13.6. The quantitative estimate of drug-likeness (QED) is 0.874. The Labute approximate surface area is 123 Å². The van der Waals surface area contributed by atoms with Crippen LogP contribution in [0.15, 0.2) is 30.5 Å². The van der Waals surface area contributed by atoms with E-state index in [4.69, 9.17) is 11.6 Å². The fourth-order valence-electron chi connectivity index (χ4n) is 3.67. The van der Waals surface area contributed by atoms with Crippen molar-refractivity contribution in [2.24, 2.45) is 5.41 Å². The molecule has 4 heteroatoms. The van der Waals surface area contributed by atoms with Crippen molar-refractivity contribution < 1.29 is 0 Å². The molecule has 1 aromatic carbocycles.